The Bertz CT molecular complexity index is 351. The van der Waals surface area contributed by atoms with E-state index in [1.54, 1.807) is 7.05 Å². The van der Waals surface area contributed by atoms with Crippen molar-refractivity contribution in [2.75, 3.05) is 14.1 Å². The third-order valence-electron chi connectivity index (χ3n) is 2.78. The van der Waals surface area contributed by atoms with E-state index >= 15 is 0 Å². The molecule has 0 aliphatic heterocycles. The summed E-state index contributed by atoms with van der Waals surface area (Å²) in [6.45, 7) is 2.73. The molecule has 16 heavy (non-hydrogen) atoms. The molecule has 0 bridgehead atoms. The Balaban J connectivity index is 2.60. The Morgan fingerprint density at radius 2 is 2.00 bits per heavy atom. The molecular weight excluding hydrogens is 224 g/mol. The van der Waals surface area contributed by atoms with Gasteiger partial charge in [-0.3, -0.25) is 4.79 Å². The van der Waals surface area contributed by atoms with Crippen molar-refractivity contribution in [2.45, 2.75) is 19.5 Å². The first kappa shape index (κ1) is 13.0. The molecule has 2 atom stereocenters. The number of carbonyl (C=O) groups is 1. The third-order valence-corrected chi connectivity index (χ3v) is 3.03. The van der Waals surface area contributed by atoms with Gasteiger partial charge in [0.15, 0.2) is 6.04 Å². The summed E-state index contributed by atoms with van der Waals surface area (Å²) in [5.41, 5.74) is 1.18. The number of halogens is 1. The molecule has 0 saturated heterocycles. The first-order valence-corrected chi connectivity index (χ1v) is 5.70. The highest BCUT2D eigenvalue weighted by Gasteiger charge is 2.20. The molecule has 0 aromatic heterocycles. The Labute approximate surface area is 101 Å². The van der Waals surface area contributed by atoms with Gasteiger partial charge in [-0.2, -0.15) is 0 Å². The molecule has 0 fully saturated rings. The number of hydrogen-bond donors (Lipinski definition) is 2. The molecule has 0 radical (unpaired) electrons. The summed E-state index contributed by atoms with van der Waals surface area (Å²) in [5, 5.41) is 3.40. The van der Waals surface area contributed by atoms with Crippen molar-refractivity contribution in [2.24, 2.45) is 0 Å². The lowest BCUT2D eigenvalue weighted by Crippen LogP contribution is -3.12. The van der Waals surface area contributed by atoms with Crippen LogP contribution in [0.25, 0.3) is 0 Å². The molecule has 88 valence electrons. The lowest BCUT2D eigenvalue weighted by atomic mass is 10.2. The molecule has 1 unspecified atom stereocenters. The zero-order valence-electron chi connectivity index (χ0n) is 9.88. The summed E-state index contributed by atoms with van der Waals surface area (Å²) in [4.78, 5) is 12.6. The van der Waals surface area contributed by atoms with Gasteiger partial charge in [0.05, 0.1) is 7.05 Å². The van der Waals surface area contributed by atoms with E-state index in [9.17, 15) is 4.79 Å². The molecule has 0 aliphatic carbocycles. The second-order valence-corrected chi connectivity index (χ2v) is 4.42. The topological polar surface area (TPSA) is 33.5 Å². The van der Waals surface area contributed by atoms with Crippen LogP contribution in [0.3, 0.4) is 0 Å². The summed E-state index contributed by atoms with van der Waals surface area (Å²) in [6, 6.07) is 7.66. The normalized spacial score (nSPS) is 14.2. The van der Waals surface area contributed by atoms with Crippen molar-refractivity contribution < 1.29 is 9.69 Å². The zero-order valence-corrected chi connectivity index (χ0v) is 10.6. The fourth-order valence-electron chi connectivity index (χ4n) is 1.52. The maximum Gasteiger partial charge on any atom is 0.277 e. The summed E-state index contributed by atoms with van der Waals surface area (Å²) >= 11 is 5.81. The standard InChI is InChI=1S/C12H17ClN2O/c1-9(12(16)14-2)15(3)8-10-4-6-11(13)7-5-10/h4-7,9H,8H2,1-3H3,(H,14,16)/p+1/t9-/m1/s1. The smallest absolute Gasteiger partial charge is 0.277 e. The third kappa shape index (κ3) is 3.51. The van der Waals surface area contributed by atoms with Gasteiger partial charge in [-0.05, 0) is 19.1 Å². The van der Waals surface area contributed by atoms with Gasteiger partial charge < -0.3 is 10.2 Å². The fraction of sp³-hybridized carbons (Fsp3) is 0.417. The minimum Gasteiger partial charge on any atom is -0.354 e. The summed E-state index contributed by atoms with van der Waals surface area (Å²) < 4.78 is 0. The Morgan fingerprint density at radius 3 is 2.50 bits per heavy atom. The number of nitrogens with one attached hydrogen (secondary N) is 2. The van der Waals surface area contributed by atoms with Crippen LogP contribution in [0.1, 0.15) is 12.5 Å². The molecule has 3 nitrogen and oxygen atoms in total. The molecular formula is C12H18ClN2O+. The van der Waals surface area contributed by atoms with Crippen LogP contribution in [-0.4, -0.2) is 26.0 Å². The van der Waals surface area contributed by atoms with Crippen molar-refractivity contribution in [3.63, 3.8) is 0 Å². The van der Waals surface area contributed by atoms with Gasteiger partial charge in [0.2, 0.25) is 0 Å². The van der Waals surface area contributed by atoms with Crippen LogP contribution in [0.15, 0.2) is 24.3 Å². The molecule has 0 heterocycles. The second kappa shape index (κ2) is 5.87. The van der Waals surface area contributed by atoms with Gasteiger partial charge in [0.25, 0.3) is 5.91 Å². The number of benzene rings is 1. The minimum absolute atomic E-state index is 0.0549. The van der Waals surface area contributed by atoms with Crippen LogP contribution in [0.2, 0.25) is 5.02 Å². The fourth-order valence-corrected chi connectivity index (χ4v) is 1.64. The minimum atomic E-state index is -0.0549. The van der Waals surface area contributed by atoms with Crippen molar-refractivity contribution >= 4 is 17.5 Å². The molecule has 2 N–H and O–H groups in total. The highest BCUT2D eigenvalue weighted by atomic mass is 35.5. The predicted molar refractivity (Wildman–Crippen MR) is 65.6 cm³/mol. The molecule has 0 spiro atoms. The number of rotatable bonds is 4. The van der Waals surface area contributed by atoms with E-state index in [0.717, 1.165) is 16.5 Å². The molecule has 0 saturated carbocycles. The maximum atomic E-state index is 11.4. The quantitative estimate of drug-likeness (QED) is 0.791. The van der Waals surface area contributed by atoms with E-state index in [-0.39, 0.29) is 11.9 Å². The molecule has 1 amide bonds. The average molecular weight is 242 g/mol. The highest BCUT2D eigenvalue weighted by Crippen LogP contribution is 2.08. The number of amides is 1. The first-order valence-electron chi connectivity index (χ1n) is 5.33. The second-order valence-electron chi connectivity index (χ2n) is 3.99. The molecule has 1 aromatic carbocycles. The van der Waals surface area contributed by atoms with E-state index in [2.05, 4.69) is 5.32 Å². The summed E-state index contributed by atoms with van der Waals surface area (Å²) in [6.07, 6.45) is 0. The average Bonchev–Trinajstić information content (AvgIpc) is 2.30. The van der Waals surface area contributed by atoms with Crippen molar-refractivity contribution in [1.82, 2.24) is 5.32 Å². The lowest BCUT2D eigenvalue weighted by molar-refractivity contribution is -0.908. The Kier molecular flexibility index (Phi) is 4.77. The van der Waals surface area contributed by atoms with Crippen LogP contribution in [0.5, 0.6) is 0 Å². The van der Waals surface area contributed by atoms with Gasteiger partial charge in [-0.1, -0.05) is 23.7 Å². The van der Waals surface area contributed by atoms with Gasteiger partial charge in [-0.25, -0.2) is 0 Å². The van der Waals surface area contributed by atoms with Gasteiger partial charge in [-0.15, -0.1) is 0 Å². The SMILES string of the molecule is CNC(=O)[C@@H](C)[NH+](C)Cc1ccc(Cl)cc1. The van der Waals surface area contributed by atoms with Gasteiger partial charge in [0.1, 0.15) is 6.54 Å². The predicted octanol–water partition coefficient (Wildman–Crippen LogP) is 0.489. The van der Waals surface area contributed by atoms with Crippen molar-refractivity contribution in [1.29, 1.82) is 0 Å². The summed E-state index contributed by atoms with van der Waals surface area (Å²) in [5.74, 6) is 0.0615. The highest BCUT2D eigenvalue weighted by molar-refractivity contribution is 6.30. The summed E-state index contributed by atoms with van der Waals surface area (Å²) in [7, 11) is 3.67. The largest absolute Gasteiger partial charge is 0.354 e. The Hall–Kier alpha value is -1.06. The molecule has 0 aliphatic rings. The number of quaternary nitrogens is 1. The Morgan fingerprint density at radius 1 is 1.44 bits per heavy atom. The number of hydrogen-bond acceptors (Lipinski definition) is 1. The van der Waals surface area contributed by atoms with Gasteiger partial charge in [0, 0.05) is 17.6 Å². The van der Waals surface area contributed by atoms with Crippen LogP contribution >= 0.6 is 11.6 Å². The van der Waals surface area contributed by atoms with E-state index in [1.807, 2.05) is 38.2 Å². The van der Waals surface area contributed by atoms with Crippen LogP contribution in [0, 0.1) is 0 Å². The van der Waals surface area contributed by atoms with E-state index in [4.69, 9.17) is 11.6 Å². The monoisotopic (exact) mass is 241 g/mol. The van der Waals surface area contributed by atoms with Crippen molar-refractivity contribution in [3.8, 4) is 0 Å². The van der Waals surface area contributed by atoms with Crippen molar-refractivity contribution in [3.05, 3.63) is 34.9 Å². The van der Waals surface area contributed by atoms with Crippen LogP contribution < -0.4 is 10.2 Å². The van der Waals surface area contributed by atoms with E-state index in [0.29, 0.717) is 0 Å². The molecule has 1 aromatic rings. The number of likely N-dealkylation sites (N-methyl/N-ethyl adjacent to an activating group) is 2. The van der Waals surface area contributed by atoms with E-state index in [1.165, 1.54) is 5.56 Å². The first-order chi connectivity index (χ1) is 7.54. The number of carbonyl (C=O) groups excluding carboxylic acids is 1. The van der Waals surface area contributed by atoms with E-state index < -0.39 is 0 Å². The molecule has 4 heteroatoms. The zero-order chi connectivity index (χ0) is 12.1. The van der Waals surface area contributed by atoms with Crippen LogP contribution in [-0.2, 0) is 11.3 Å². The van der Waals surface area contributed by atoms with Crippen LogP contribution in [0.4, 0.5) is 0 Å². The van der Waals surface area contributed by atoms with Gasteiger partial charge >= 0.3 is 0 Å². The maximum absolute atomic E-state index is 11.4. The molecule has 1 rings (SSSR count). The lowest BCUT2D eigenvalue weighted by Gasteiger charge is -2.20.